The highest BCUT2D eigenvalue weighted by Crippen LogP contribution is 2.21. The number of carbonyl (C=O) groups excluding carboxylic acids is 1. The summed E-state index contributed by atoms with van der Waals surface area (Å²) in [6.07, 6.45) is 1.86. The summed E-state index contributed by atoms with van der Waals surface area (Å²) in [5.74, 6) is 0.607. The molecule has 0 saturated carbocycles. The van der Waals surface area contributed by atoms with Crippen LogP contribution in [0.3, 0.4) is 0 Å². The molecule has 6 heteroatoms. The third kappa shape index (κ3) is 5.77. The number of thiazole rings is 1. The summed E-state index contributed by atoms with van der Waals surface area (Å²) in [6, 6.07) is 0.281. The maximum Gasteiger partial charge on any atom is 0.410 e. The standard InChI is InChI=1S/C17H29N3O2S/c1-12(15-11-23-13(2)19-15)18-10-14-6-8-20(9-7-14)16(21)22-17(3,4)5/h11-12,14,18H,6-10H2,1-5H3. The van der Waals surface area contributed by atoms with Crippen LogP contribution in [0.1, 0.15) is 57.3 Å². The molecule has 1 saturated heterocycles. The Balaban J connectivity index is 1.71. The first-order chi connectivity index (χ1) is 10.7. The van der Waals surface area contributed by atoms with E-state index in [-0.39, 0.29) is 12.1 Å². The highest BCUT2D eigenvalue weighted by atomic mass is 32.1. The molecule has 23 heavy (non-hydrogen) atoms. The third-order valence-electron chi connectivity index (χ3n) is 4.06. The van der Waals surface area contributed by atoms with Crippen molar-refractivity contribution < 1.29 is 9.53 Å². The second-order valence-electron chi connectivity index (χ2n) is 7.33. The van der Waals surface area contributed by atoms with Crippen molar-refractivity contribution in [2.45, 2.75) is 59.1 Å². The van der Waals surface area contributed by atoms with Crippen LogP contribution >= 0.6 is 11.3 Å². The number of carbonyl (C=O) groups is 1. The average Bonchev–Trinajstić information content (AvgIpc) is 2.90. The Kier molecular flexibility index (Phi) is 6.03. The number of likely N-dealkylation sites (tertiary alicyclic amines) is 1. The predicted molar refractivity (Wildman–Crippen MR) is 93.8 cm³/mol. The normalized spacial score (nSPS) is 18.0. The molecule has 1 unspecified atom stereocenters. The van der Waals surface area contributed by atoms with Crippen molar-refractivity contribution in [1.82, 2.24) is 15.2 Å². The molecule has 1 aliphatic rings. The molecule has 2 rings (SSSR count). The first kappa shape index (κ1) is 18.2. The minimum Gasteiger partial charge on any atom is -0.444 e. The highest BCUT2D eigenvalue weighted by molar-refractivity contribution is 7.09. The molecule has 2 heterocycles. The van der Waals surface area contributed by atoms with Gasteiger partial charge in [0.1, 0.15) is 5.60 Å². The Bertz CT molecular complexity index is 516. The second-order valence-corrected chi connectivity index (χ2v) is 8.39. The second kappa shape index (κ2) is 7.62. The number of nitrogens with one attached hydrogen (secondary N) is 1. The molecular weight excluding hydrogens is 310 g/mol. The number of hydrogen-bond donors (Lipinski definition) is 1. The Labute approximate surface area is 143 Å². The van der Waals surface area contributed by atoms with E-state index in [9.17, 15) is 4.79 Å². The number of rotatable bonds is 4. The minimum absolute atomic E-state index is 0.185. The third-order valence-corrected chi connectivity index (χ3v) is 4.85. The van der Waals surface area contributed by atoms with E-state index in [0.717, 1.165) is 43.2 Å². The molecule has 1 fully saturated rings. The lowest BCUT2D eigenvalue weighted by atomic mass is 9.96. The van der Waals surface area contributed by atoms with Gasteiger partial charge in [0, 0.05) is 24.5 Å². The first-order valence-corrected chi connectivity index (χ1v) is 9.26. The van der Waals surface area contributed by atoms with Crippen LogP contribution < -0.4 is 5.32 Å². The molecule has 1 amide bonds. The van der Waals surface area contributed by atoms with Crippen LogP contribution in [0, 0.1) is 12.8 Å². The minimum atomic E-state index is -0.420. The van der Waals surface area contributed by atoms with Crippen molar-refractivity contribution in [2.24, 2.45) is 5.92 Å². The van der Waals surface area contributed by atoms with Crippen LogP contribution in [0.25, 0.3) is 0 Å². The predicted octanol–water partition coefficient (Wildman–Crippen LogP) is 3.75. The molecule has 0 aromatic carbocycles. The van der Waals surface area contributed by atoms with Gasteiger partial charge in [0.05, 0.1) is 10.7 Å². The molecule has 130 valence electrons. The van der Waals surface area contributed by atoms with Gasteiger partial charge < -0.3 is 15.0 Å². The van der Waals surface area contributed by atoms with E-state index in [1.54, 1.807) is 11.3 Å². The maximum atomic E-state index is 12.1. The maximum absolute atomic E-state index is 12.1. The summed E-state index contributed by atoms with van der Waals surface area (Å²) in [7, 11) is 0. The van der Waals surface area contributed by atoms with Gasteiger partial charge in [0.15, 0.2) is 0 Å². The Morgan fingerprint density at radius 1 is 1.48 bits per heavy atom. The van der Waals surface area contributed by atoms with E-state index in [2.05, 4.69) is 22.6 Å². The van der Waals surface area contributed by atoms with E-state index >= 15 is 0 Å². The molecule has 0 aliphatic carbocycles. The quantitative estimate of drug-likeness (QED) is 0.908. The van der Waals surface area contributed by atoms with Crippen molar-refractivity contribution in [3.05, 3.63) is 16.1 Å². The van der Waals surface area contributed by atoms with Crippen LogP contribution in [-0.4, -0.2) is 41.2 Å². The molecule has 5 nitrogen and oxygen atoms in total. The molecule has 1 N–H and O–H groups in total. The van der Waals surface area contributed by atoms with Gasteiger partial charge in [-0.15, -0.1) is 11.3 Å². The van der Waals surface area contributed by atoms with Crippen LogP contribution in [-0.2, 0) is 4.74 Å². The first-order valence-electron chi connectivity index (χ1n) is 8.38. The van der Waals surface area contributed by atoms with Crippen molar-refractivity contribution in [3.8, 4) is 0 Å². The number of piperidine rings is 1. The molecule has 1 aliphatic heterocycles. The average molecular weight is 340 g/mol. The van der Waals surface area contributed by atoms with Crippen LogP contribution in [0.5, 0.6) is 0 Å². The fourth-order valence-electron chi connectivity index (χ4n) is 2.67. The van der Waals surface area contributed by atoms with E-state index in [4.69, 9.17) is 4.74 Å². The van der Waals surface area contributed by atoms with E-state index in [1.807, 2.05) is 32.6 Å². The van der Waals surface area contributed by atoms with Crippen LogP contribution in [0.2, 0.25) is 0 Å². The van der Waals surface area contributed by atoms with Gasteiger partial charge in [0.25, 0.3) is 0 Å². The monoisotopic (exact) mass is 339 g/mol. The van der Waals surface area contributed by atoms with E-state index in [1.165, 1.54) is 0 Å². The lowest BCUT2D eigenvalue weighted by molar-refractivity contribution is 0.0183. The molecule has 0 bridgehead atoms. The zero-order valence-electron chi connectivity index (χ0n) is 14.9. The summed E-state index contributed by atoms with van der Waals surface area (Å²) < 4.78 is 5.44. The molecule has 1 atom stereocenters. The van der Waals surface area contributed by atoms with Gasteiger partial charge >= 0.3 is 6.09 Å². The SMILES string of the molecule is Cc1nc(C(C)NCC2CCN(C(=O)OC(C)(C)C)CC2)cs1. The van der Waals surface area contributed by atoms with Gasteiger partial charge in [0.2, 0.25) is 0 Å². The smallest absolute Gasteiger partial charge is 0.410 e. The van der Waals surface area contributed by atoms with Crippen LogP contribution in [0.15, 0.2) is 5.38 Å². The summed E-state index contributed by atoms with van der Waals surface area (Å²) in [5, 5.41) is 6.81. The Hall–Kier alpha value is -1.14. The lowest BCUT2D eigenvalue weighted by Gasteiger charge is -2.33. The van der Waals surface area contributed by atoms with E-state index < -0.39 is 5.60 Å². The summed E-state index contributed by atoms with van der Waals surface area (Å²) in [4.78, 5) is 18.4. The van der Waals surface area contributed by atoms with Crippen LogP contribution in [0.4, 0.5) is 4.79 Å². The largest absolute Gasteiger partial charge is 0.444 e. The van der Waals surface area contributed by atoms with E-state index in [0.29, 0.717) is 5.92 Å². The summed E-state index contributed by atoms with van der Waals surface area (Å²) in [6.45, 7) is 12.4. The van der Waals surface area contributed by atoms with Crippen molar-refractivity contribution in [1.29, 1.82) is 0 Å². The summed E-state index contributed by atoms with van der Waals surface area (Å²) in [5.41, 5.74) is 0.704. The number of aryl methyl sites for hydroxylation is 1. The van der Waals surface area contributed by atoms with Gasteiger partial charge in [-0.3, -0.25) is 0 Å². The Morgan fingerprint density at radius 3 is 2.65 bits per heavy atom. The number of aromatic nitrogens is 1. The molecule has 0 radical (unpaired) electrons. The van der Waals surface area contributed by atoms with Crippen molar-refractivity contribution in [2.75, 3.05) is 19.6 Å². The molecule has 0 spiro atoms. The lowest BCUT2D eigenvalue weighted by Crippen LogP contribution is -2.43. The van der Waals surface area contributed by atoms with Gasteiger partial charge in [-0.2, -0.15) is 0 Å². The fraction of sp³-hybridized carbons (Fsp3) is 0.765. The number of nitrogens with zero attached hydrogens (tertiary/aromatic N) is 2. The topological polar surface area (TPSA) is 54.5 Å². The molecule has 1 aromatic heterocycles. The van der Waals surface area contributed by atoms with Crippen molar-refractivity contribution >= 4 is 17.4 Å². The number of ether oxygens (including phenoxy) is 1. The van der Waals surface area contributed by atoms with Crippen molar-refractivity contribution in [3.63, 3.8) is 0 Å². The zero-order valence-corrected chi connectivity index (χ0v) is 15.7. The van der Waals surface area contributed by atoms with Gasteiger partial charge in [-0.1, -0.05) is 0 Å². The number of hydrogen-bond acceptors (Lipinski definition) is 5. The van der Waals surface area contributed by atoms with Gasteiger partial charge in [-0.05, 0) is 59.9 Å². The highest BCUT2D eigenvalue weighted by Gasteiger charge is 2.27. The summed E-state index contributed by atoms with van der Waals surface area (Å²) >= 11 is 1.69. The molecule has 1 aromatic rings. The van der Waals surface area contributed by atoms with Gasteiger partial charge in [-0.25, -0.2) is 9.78 Å². The molecular formula is C17H29N3O2S. The Morgan fingerprint density at radius 2 is 2.13 bits per heavy atom. The zero-order chi connectivity index (χ0) is 17.0. The number of amides is 1. The fourth-order valence-corrected chi connectivity index (χ4v) is 3.38.